The normalized spacial score (nSPS) is 27.3. The second-order valence-electron chi connectivity index (χ2n) is 3.60. The molecule has 4 heteroatoms. The summed E-state index contributed by atoms with van der Waals surface area (Å²) < 4.78 is 5.34. The van der Waals surface area contributed by atoms with Crippen LogP contribution in [0.3, 0.4) is 0 Å². The lowest BCUT2D eigenvalue weighted by atomic mass is 9.80. The summed E-state index contributed by atoms with van der Waals surface area (Å²) in [5.74, 6) is 0.426. The lowest BCUT2D eigenvalue weighted by molar-refractivity contribution is -0.145. The number of rotatable bonds is 0. The summed E-state index contributed by atoms with van der Waals surface area (Å²) in [6, 6.07) is 7.48. The number of hydroxylamine groups is 1. The molecular formula is C11H9NO3. The van der Waals surface area contributed by atoms with Gasteiger partial charge in [-0.2, -0.15) is 5.48 Å². The van der Waals surface area contributed by atoms with Crippen molar-refractivity contribution in [1.29, 1.82) is 0 Å². The second-order valence-corrected chi connectivity index (χ2v) is 3.60. The maximum Gasteiger partial charge on any atom is 0.340 e. The largest absolute Gasteiger partial charge is 0.465 e. The molecule has 2 heterocycles. The summed E-state index contributed by atoms with van der Waals surface area (Å²) in [5, 5.41) is 0. The molecule has 1 spiro atoms. The van der Waals surface area contributed by atoms with E-state index in [0.717, 1.165) is 5.56 Å². The molecule has 4 nitrogen and oxygen atoms in total. The molecule has 15 heavy (non-hydrogen) atoms. The molecule has 0 amide bonds. The van der Waals surface area contributed by atoms with Crippen LogP contribution < -0.4 is 10.2 Å². The van der Waals surface area contributed by atoms with Crippen molar-refractivity contribution < 1.29 is 14.4 Å². The van der Waals surface area contributed by atoms with Gasteiger partial charge in [-0.25, -0.2) is 4.79 Å². The Morgan fingerprint density at radius 2 is 2.20 bits per heavy atom. The zero-order valence-corrected chi connectivity index (χ0v) is 7.90. The fourth-order valence-corrected chi connectivity index (χ4v) is 1.96. The van der Waals surface area contributed by atoms with Crippen molar-refractivity contribution in [3.63, 3.8) is 0 Å². The monoisotopic (exact) mass is 203 g/mol. The molecule has 0 saturated carbocycles. The van der Waals surface area contributed by atoms with Crippen LogP contribution in [0.5, 0.6) is 5.75 Å². The zero-order chi connectivity index (χ0) is 10.3. The number of fused-ring (bicyclic) bond motifs is 2. The van der Waals surface area contributed by atoms with Crippen molar-refractivity contribution in [2.24, 2.45) is 0 Å². The fraction of sp³-hybridized carbons (Fsp3) is 0.182. The van der Waals surface area contributed by atoms with Gasteiger partial charge in [0.25, 0.3) is 0 Å². The van der Waals surface area contributed by atoms with Gasteiger partial charge in [0, 0.05) is 5.56 Å². The van der Waals surface area contributed by atoms with E-state index in [4.69, 9.17) is 9.57 Å². The van der Waals surface area contributed by atoms with Crippen molar-refractivity contribution in [1.82, 2.24) is 5.48 Å². The fourth-order valence-electron chi connectivity index (χ4n) is 1.96. The molecule has 0 radical (unpaired) electrons. The Morgan fingerprint density at radius 1 is 1.33 bits per heavy atom. The van der Waals surface area contributed by atoms with Gasteiger partial charge in [0.1, 0.15) is 11.2 Å². The summed E-state index contributed by atoms with van der Waals surface area (Å²) in [6.45, 7) is 0.447. The van der Waals surface area contributed by atoms with Crippen molar-refractivity contribution in [2.45, 2.75) is 5.41 Å². The molecule has 1 aromatic carbocycles. The van der Waals surface area contributed by atoms with Crippen molar-refractivity contribution in [3.8, 4) is 5.75 Å². The van der Waals surface area contributed by atoms with Gasteiger partial charge in [-0.15, -0.1) is 0 Å². The van der Waals surface area contributed by atoms with Gasteiger partial charge in [0.2, 0.25) is 0 Å². The standard InChI is InChI=1S/C11H9NO3/c13-10-11(7-12-15-10)5-6-14-9-4-2-1-3-8(9)11/h1-6,12H,7H2. The van der Waals surface area contributed by atoms with Crippen LogP contribution >= 0.6 is 0 Å². The molecule has 2 aliphatic rings. The molecule has 1 unspecified atom stereocenters. The molecule has 0 aromatic heterocycles. The van der Waals surface area contributed by atoms with Crippen LogP contribution in [0.25, 0.3) is 0 Å². The van der Waals surface area contributed by atoms with E-state index in [2.05, 4.69) is 5.48 Å². The molecule has 0 bridgehead atoms. The molecule has 2 aliphatic heterocycles. The number of ether oxygens (including phenoxy) is 1. The van der Waals surface area contributed by atoms with Crippen LogP contribution in [0.2, 0.25) is 0 Å². The van der Waals surface area contributed by atoms with E-state index in [1.165, 1.54) is 6.26 Å². The van der Waals surface area contributed by atoms with E-state index >= 15 is 0 Å². The van der Waals surface area contributed by atoms with Crippen LogP contribution in [0, 0.1) is 0 Å². The topological polar surface area (TPSA) is 47.6 Å². The van der Waals surface area contributed by atoms with Crippen LogP contribution in [0.4, 0.5) is 0 Å². The third-order valence-electron chi connectivity index (χ3n) is 2.80. The van der Waals surface area contributed by atoms with Gasteiger partial charge in [-0.1, -0.05) is 18.2 Å². The van der Waals surface area contributed by atoms with Crippen molar-refractivity contribution >= 4 is 5.97 Å². The minimum Gasteiger partial charge on any atom is -0.465 e. The van der Waals surface area contributed by atoms with Gasteiger partial charge < -0.3 is 9.57 Å². The van der Waals surface area contributed by atoms with E-state index in [-0.39, 0.29) is 5.97 Å². The second kappa shape index (κ2) is 2.84. The van der Waals surface area contributed by atoms with Gasteiger partial charge in [0.05, 0.1) is 12.8 Å². The maximum absolute atomic E-state index is 11.7. The highest BCUT2D eigenvalue weighted by atomic mass is 16.7. The van der Waals surface area contributed by atoms with E-state index < -0.39 is 5.41 Å². The van der Waals surface area contributed by atoms with Crippen LogP contribution in [-0.2, 0) is 15.0 Å². The van der Waals surface area contributed by atoms with Crippen molar-refractivity contribution in [3.05, 3.63) is 42.2 Å². The summed E-state index contributed by atoms with van der Waals surface area (Å²) >= 11 is 0. The van der Waals surface area contributed by atoms with Crippen LogP contribution in [0.15, 0.2) is 36.6 Å². The minimum absolute atomic E-state index is 0.283. The highest BCUT2D eigenvalue weighted by molar-refractivity contribution is 5.89. The Morgan fingerprint density at radius 3 is 3.00 bits per heavy atom. The summed E-state index contributed by atoms with van der Waals surface area (Å²) in [5.41, 5.74) is 2.75. The number of para-hydroxylation sites is 1. The predicted octanol–water partition coefficient (Wildman–Crippen LogP) is 0.892. The SMILES string of the molecule is O=C1ONCC12C=COc1ccccc12. The Kier molecular flexibility index (Phi) is 1.61. The van der Waals surface area contributed by atoms with Gasteiger partial charge in [-0.05, 0) is 12.1 Å². The van der Waals surface area contributed by atoms with Crippen LogP contribution in [0.1, 0.15) is 5.56 Å². The number of nitrogens with one attached hydrogen (secondary N) is 1. The smallest absolute Gasteiger partial charge is 0.340 e. The van der Waals surface area contributed by atoms with E-state index in [1.54, 1.807) is 6.08 Å². The summed E-state index contributed by atoms with van der Waals surface area (Å²) in [7, 11) is 0. The Balaban J connectivity index is 2.21. The molecule has 1 N–H and O–H groups in total. The molecule has 1 atom stereocenters. The zero-order valence-electron chi connectivity index (χ0n) is 7.90. The number of carbonyl (C=O) groups is 1. The molecule has 1 aromatic rings. The molecule has 1 saturated heterocycles. The number of hydrogen-bond acceptors (Lipinski definition) is 4. The molecular weight excluding hydrogens is 194 g/mol. The van der Waals surface area contributed by atoms with E-state index in [0.29, 0.717) is 12.3 Å². The number of hydrogen-bond donors (Lipinski definition) is 1. The Hall–Kier alpha value is -1.81. The number of carbonyl (C=O) groups excluding carboxylic acids is 1. The summed E-state index contributed by atoms with van der Waals surface area (Å²) in [4.78, 5) is 16.5. The average Bonchev–Trinajstić information content (AvgIpc) is 2.62. The molecule has 76 valence electrons. The van der Waals surface area contributed by atoms with Gasteiger partial charge in [-0.3, -0.25) is 0 Å². The Bertz CT molecular complexity index is 455. The first-order valence-electron chi connectivity index (χ1n) is 4.71. The predicted molar refractivity (Wildman–Crippen MR) is 52.0 cm³/mol. The summed E-state index contributed by atoms with van der Waals surface area (Å²) in [6.07, 6.45) is 3.27. The maximum atomic E-state index is 11.7. The van der Waals surface area contributed by atoms with Gasteiger partial charge >= 0.3 is 5.97 Å². The van der Waals surface area contributed by atoms with Crippen molar-refractivity contribution in [2.75, 3.05) is 6.54 Å². The lowest BCUT2D eigenvalue weighted by Crippen LogP contribution is -2.35. The molecule has 3 rings (SSSR count). The lowest BCUT2D eigenvalue weighted by Gasteiger charge is -2.25. The highest BCUT2D eigenvalue weighted by Crippen LogP contribution is 2.39. The first kappa shape index (κ1) is 8.49. The van der Waals surface area contributed by atoms with E-state index in [1.807, 2.05) is 24.3 Å². The quantitative estimate of drug-likeness (QED) is 0.680. The molecule has 0 aliphatic carbocycles. The van der Waals surface area contributed by atoms with Gasteiger partial charge in [0.15, 0.2) is 0 Å². The average molecular weight is 203 g/mol. The first-order chi connectivity index (χ1) is 7.33. The Labute approximate surface area is 86.4 Å². The minimum atomic E-state index is -0.713. The first-order valence-corrected chi connectivity index (χ1v) is 4.71. The number of benzene rings is 1. The van der Waals surface area contributed by atoms with E-state index in [9.17, 15) is 4.79 Å². The third kappa shape index (κ3) is 1.02. The van der Waals surface area contributed by atoms with Crippen LogP contribution in [-0.4, -0.2) is 12.5 Å². The third-order valence-corrected chi connectivity index (χ3v) is 2.80. The molecule has 1 fully saturated rings. The highest BCUT2D eigenvalue weighted by Gasteiger charge is 2.47.